The molecule has 130 valence electrons. The average molecular weight is 378 g/mol. The van der Waals surface area contributed by atoms with E-state index >= 15 is 0 Å². The Morgan fingerprint density at radius 2 is 2.08 bits per heavy atom. The molecule has 0 atom stereocenters. The number of nitrogens with zero attached hydrogens (tertiary/aromatic N) is 2. The third-order valence-electron chi connectivity index (χ3n) is 3.60. The summed E-state index contributed by atoms with van der Waals surface area (Å²) in [6.45, 7) is 2.41. The molecule has 25 heavy (non-hydrogen) atoms. The van der Waals surface area contributed by atoms with E-state index in [1.54, 1.807) is 18.2 Å². The molecular formula is C18H17Cl2N3O2. The van der Waals surface area contributed by atoms with Gasteiger partial charge in [-0.1, -0.05) is 29.3 Å². The van der Waals surface area contributed by atoms with E-state index < -0.39 is 0 Å². The van der Waals surface area contributed by atoms with Crippen LogP contribution in [-0.2, 0) is 11.2 Å². The van der Waals surface area contributed by atoms with Crippen molar-refractivity contribution in [1.82, 2.24) is 14.7 Å². The Morgan fingerprint density at radius 1 is 1.24 bits per heavy atom. The van der Waals surface area contributed by atoms with Crippen LogP contribution in [0.4, 0.5) is 0 Å². The number of carbonyl (C=O) groups is 1. The number of amides is 1. The number of ether oxygens (including phenoxy) is 1. The van der Waals surface area contributed by atoms with Gasteiger partial charge in [0.2, 0.25) is 0 Å². The normalized spacial score (nSPS) is 10.8. The molecule has 0 saturated carbocycles. The van der Waals surface area contributed by atoms with E-state index in [2.05, 4.69) is 10.3 Å². The maximum atomic E-state index is 11.9. The molecule has 2 heterocycles. The largest absolute Gasteiger partial charge is 0.482 e. The number of hydrogen-bond acceptors (Lipinski definition) is 3. The van der Waals surface area contributed by atoms with Gasteiger partial charge in [-0.15, -0.1) is 0 Å². The van der Waals surface area contributed by atoms with Gasteiger partial charge in [0, 0.05) is 30.4 Å². The fourth-order valence-corrected chi connectivity index (χ4v) is 2.86. The zero-order chi connectivity index (χ0) is 17.8. The number of carbonyl (C=O) groups excluding carboxylic acids is 1. The second-order valence-electron chi connectivity index (χ2n) is 5.67. The Kier molecular flexibility index (Phi) is 5.46. The van der Waals surface area contributed by atoms with Crippen LogP contribution in [0.2, 0.25) is 10.0 Å². The minimum absolute atomic E-state index is 0.105. The number of fused-ring (bicyclic) bond motifs is 1. The summed E-state index contributed by atoms with van der Waals surface area (Å²) in [5.74, 6) is 0.211. The predicted molar refractivity (Wildman–Crippen MR) is 98.6 cm³/mol. The molecule has 0 bridgehead atoms. The van der Waals surface area contributed by atoms with E-state index in [1.165, 1.54) is 5.56 Å². The van der Waals surface area contributed by atoms with Gasteiger partial charge in [0.25, 0.3) is 5.91 Å². The number of nitrogens with one attached hydrogen (secondary N) is 1. The lowest BCUT2D eigenvalue weighted by Crippen LogP contribution is -2.30. The molecule has 0 aliphatic carbocycles. The highest BCUT2D eigenvalue weighted by molar-refractivity contribution is 6.35. The number of pyridine rings is 1. The van der Waals surface area contributed by atoms with Crippen LogP contribution in [0.25, 0.3) is 5.65 Å². The summed E-state index contributed by atoms with van der Waals surface area (Å²) in [4.78, 5) is 16.4. The molecule has 7 heteroatoms. The molecule has 0 spiro atoms. The van der Waals surface area contributed by atoms with Crippen LogP contribution >= 0.6 is 23.2 Å². The van der Waals surface area contributed by atoms with Crippen LogP contribution in [-0.4, -0.2) is 28.4 Å². The molecule has 1 aromatic carbocycles. The van der Waals surface area contributed by atoms with Gasteiger partial charge in [0.05, 0.1) is 10.7 Å². The number of benzene rings is 1. The second-order valence-corrected chi connectivity index (χ2v) is 6.51. The number of halogens is 2. The summed E-state index contributed by atoms with van der Waals surface area (Å²) >= 11 is 11.8. The highest BCUT2D eigenvalue weighted by Gasteiger charge is 2.07. The zero-order valence-corrected chi connectivity index (χ0v) is 15.1. The van der Waals surface area contributed by atoms with E-state index in [-0.39, 0.29) is 12.5 Å². The summed E-state index contributed by atoms with van der Waals surface area (Å²) in [5.41, 5.74) is 2.99. The summed E-state index contributed by atoms with van der Waals surface area (Å²) < 4.78 is 7.38. The fourth-order valence-electron chi connectivity index (χ4n) is 2.39. The first-order valence-corrected chi connectivity index (χ1v) is 8.55. The first kappa shape index (κ1) is 17.6. The minimum atomic E-state index is -0.217. The Balaban J connectivity index is 1.47. The smallest absolute Gasteiger partial charge is 0.257 e. The maximum Gasteiger partial charge on any atom is 0.257 e. The van der Waals surface area contributed by atoms with Crippen LogP contribution in [0, 0.1) is 6.92 Å². The third-order valence-corrected chi connectivity index (χ3v) is 4.14. The van der Waals surface area contributed by atoms with Crippen molar-refractivity contribution < 1.29 is 9.53 Å². The Morgan fingerprint density at radius 3 is 2.88 bits per heavy atom. The molecule has 0 saturated heterocycles. The van der Waals surface area contributed by atoms with Gasteiger partial charge in [-0.2, -0.15) is 0 Å². The van der Waals surface area contributed by atoms with E-state index in [9.17, 15) is 4.79 Å². The first-order chi connectivity index (χ1) is 12.0. The van der Waals surface area contributed by atoms with E-state index in [1.807, 2.05) is 35.9 Å². The molecule has 0 aliphatic heterocycles. The Bertz CT molecular complexity index is 908. The maximum absolute atomic E-state index is 11.9. The quantitative estimate of drug-likeness (QED) is 0.712. The SMILES string of the molecule is Cc1ccc2nc(CCNC(=O)COc3ccc(Cl)cc3Cl)cn2c1. The molecular weight excluding hydrogens is 361 g/mol. The van der Waals surface area contributed by atoms with Gasteiger partial charge in [0.15, 0.2) is 6.61 Å². The minimum Gasteiger partial charge on any atom is -0.482 e. The number of imidazole rings is 1. The summed E-state index contributed by atoms with van der Waals surface area (Å²) in [5, 5.41) is 3.70. The third kappa shape index (κ3) is 4.65. The fraction of sp³-hybridized carbons (Fsp3) is 0.222. The molecule has 0 radical (unpaired) electrons. The van der Waals surface area contributed by atoms with E-state index in [4.69, 9.17) is 27.9 Å². The van der Waals surface area contributed by atoms with Crippen LogP contribution < -0.4 is 10.1 Å². The Labute approximate surface area is 155 Å². The van der Waals surface area contributed by atoms with Crippen LogP contribution in [0.3, 0.4) is 0 Å². The number of aryl methyl sites for hydroxylation is 1. The van der Waals surface area contributed by atoms with Crippen molar-refractivity contribution >= 4 is 34.8 Å². The topological polar surface area (TPSA) is 55.6 Å². The van der Waals surface area contributed by atoms with Gasteiger partial charge in [0.1, 0.15) is 11.4 Å². The molecule has 5 nitrogen and oxygen atoms in total. The van der Waals surface area contributed by atoms with Crippen molar-refractivity contribution in [3.8, 4) is 5.75 Å². The molecule has 3 aromatic rings. The summed E-state index contributed by atoms with van der Waals surface area (Å²) in [6.07, 6.45) is 4.64. The van der Waals surface area contributed by atoms with Crippen molar-refractivity contribution in [2.75, 3.05) is 13.2 Å². The standard InChI is InChI=1S/C18H17Cl2N3O2/c1-12-2-5-17-22-14(10-23(17)9-12)6-7-21-18(24)11-25-16-4-3-13(19)8-15(16)20/h2-5,8-10H,6-7,11H2,1H3,(H,21,24). The molecule has 1 amide bonds. The predicted octanol–water partition coefficient (Wildman–Crippen LogP) is 3.69. The van der Waals surface area contributed by atoms with Gasteiger partial charge in [-0.05, 0) is 36.8 Å². The van der Waals surface area contributed by atoms with Crippen molar-refractivity contribution in [2.24, 2.45) is 0 Å². The average Bonchev–Trinajstić information content (AvgIpc) is 2.95. The van der Waals surface area contributed by atoms with E-state index in [0.29, 0.717) is 28.8 Å². The van der Waals surface area contributed by atoms with Gasteiger partial charge < -0.3 is 14.5 Å². The van der Waals surface area contributed by atoms with Gasteiger partial charge in [-0.25, -0.2) is 4.98 Å². The van der Waals surface area contributed by atoms with Crippen molar-refractivity contribution in [3.05, 3.63) is 64.0 Å². The van der Waals surface area contributed by atoms with Crippen LogP contribution in [0.5, 0.6) is 5.75 Å². The lowest BCUT2D eigenvalue weighted by molar-refractivity contribution is -0.123. The number of aromatic nitrogens is 2. The van der Waals surface area contributed by atoms with E-state index in [0.717, 1.165) is 11.3 Å². The second kappa shape index (κ2) is 7.76. The van der Waals surface area contributed by atoms with Crippen molar-refractivity contribution in [1.29, 1.82) is 0 Å². The summed E-state index contributed by atoms with van der Waals surface area (Å²) in [7, 11) is 0. The number of rotatable bonds is 6. The monoisotopic (exact) mass is 377 g/mol. The highest BCUT2D eigenvalue weighted by atomic mass is 35.5. The van der Waals surface area contributed by atoms with Crippen LogP contribution in [0.1, 0.15) is 11.3 Å². The molecule has 2 aromatic heterocycles. The van der Waals surface area contributed by atoms with Crippen LogP contribution in [0.15, 0.2) is 42.7 Å². The lowest BCUT2D eigenvalue weighted by Gasteiger charge is -2.08. The molecule has 3 rings (SSSR count). The van der Waals surface area contributed by atoms with Crippen molar-refractivity contribution in [2.45, 2.75) is 13.3 Å². The first-order valence-electron chi connectivity index (χ1n) is 7.80. The van der Waals surface area contributed by atoms with Crippen molar-refractivity contribution in [3.63, 3.8) is 0 Å². The lowest BCUT2D eigenvalue weighted by atomic mass is 10.3. The molecule has 0 fully saturated rings. The Hall–Kier alpha value is -2.24. The van der Waals surface area contributed by atoms with Gasteiger partial charge in [-0.3, -0.25) is 4.79 Å². The zero-order valence-electron chi connectivity index (χ0n) is 13.6. The molecule has 1 N–H and O–H groups in total. The molecule has 0 aliphatic rings. The highest BCUT2D eigenvalue weighted by Crippen LogP contribution is 2.27. The molecule has 0 unspecified atom stereocenters. The number of hydrogen-bond donors (Lipinski definition) is 1. The summed E-state index contributed by atoms with van der Waals surface area (Å²) in [6, 6.07) is 8.86. The van der Waals surface area contributed by atoms with Gasteiger partial charge >= 0.3 is 0 Å².